The van der Waals surface area contributed by atoms with Gasteiger partial charge in [-0.05, 0) is 13.3 Å². The molecule has 0 bridgehead atoms. The van der Waals surface area contributed by atoms with Crippen molar-refractivity contribution in [3.63, 3.8) is 0 Å². The molecule has 0 aliphatic carbocycles. The van der Waals surface area contributed by atoms with Gasteiger partial charge in [-0.2, -0.15) is 0 Å². The fourth-order valence-corrected chi connectivity index (χ4v) is 4.85. The van der Waals surface area contributed by atoms with E-state index in [0.717, 1.165) is 11.8 Å². The van der Waals surface area contributed by atoms with Crippen LogP contribution in [0.1, 0.15) is 27.2 Å². The SMILES string of the molecule is CCCO[C@@H]1O[C@H](CO)[C@@H](O)[C@H](S[C@@H]2O[C@@H](C)[C@@H](O)[C@@H](O)[C@@H]2O)[C@H]1NC(C)=O. The lowest BCUT2D eigenvalue weighted by Crippen LogP contribution is -2.65. The molecule has 11 heteroatoms. The van der Waals surface area contributed by atoms with E-state index in [-0.39, 0.29) is 5.91 Å². The molecule has 0 aromatic rings. The number of aliphatic hydroxyl groups is 5. The number of carbonyl (C=O) groups excluding carboxylic acids is 1. The zero-order valence-electron chi connectivity index (χ0n) is 16.2. The third-order valence-electron chi connectivity index (χ3n) is 4.81. The van der Waals surface area contributed by atoms with Crippen LogP contribution in [0.5, 0.6) is 0 Å². The molecule has 10 atom stereocenters. The minimum atomic E-state index is -1.42. The summed E-state index contributed by atoms with van der Waals surface area (Å²) in [7, 11) is 0. The van der Waals surface area contributed by atoms with Gasteiger partial charge in [-0.25, -0.2) is 0 Å². The first-order valence-electron chi connectivity index (χ1n) is 9.39. The predicted molar refractivity (Wildman–Crippen MR) is 99.3 cm³/mol. The molecule has 28 heavy (non-hydrogen) atoms. The molecule has 10 nitrogen and oxygen atoms in total. The maximum Gasteiger partial charge on any atom is 0.217 e. The van der Waals surface area contributed by atoms with Gasteiger partial charge in [0.15, 0.2) is 6.29 Å². The number of aliphatic hydroxyl groups excluding tert-OH is 5. The van der Waals surface area contributed by atoms with E-state index in [1.165, 1.54) is 6.92 Å². The minimum Gasteiger partial charge on any atom is -0.394 e. The van der Waals surface area contributed by atoms with Gasteiger partial charge in [0.1, 0.15) is 29.9 Å². The zero-order valence-corrected chi connectivity index (χ0v) is 17.0. The second kappa shape index (κ2) is 10.5. The molecule has 2 saturated heterocycles. The molecule has 0 radical (unpaired) electrons. The molecular formula is C17H31NO9S. The van der Waals surface area contributed by atoms with Gasteiger partial charge >= 0.3 is 0 Å². The molecule has 2 aliphatic heterocycles. The molecule has 0 saturated carbocycles. The van der Waals surface area contributed by atoms with Crippen molar-refractivity contribution in [2.75, 3.05) is 13.2 Å². The maximum absolute atomic E-state index is 11.7. The van der Waals surface area contributed by atoms with Gasteiger partial charge in [-0.15, -0.1) is 11.8 Å². The Balaban J connectivity index is 2.25. The smallest absolute Gasteiger partial charge is 0.217 e. The third-order valence-corrected chi connectivity index (χ3v) is 6.35. The van der Waals surface area contributed by atoms with Crippen LogP contribution < -0.4 is 5.32 Å². The van der Waals surface area contributed by atoms with Crippen LogP contribution in [0, 0.1) is 0 Å². The van der Waals surface area contributed by atoms with Gasteiger partial charge in [-0.3, -0.25) is 4.79 Å². The standard InChI is InChI=1S/C17H31NO9S/c1-4-5-25-16-10(18-8(3)20)15(12(22)9(6-19)27-16)28-17-14(24)13(23)11(21)7(2)26-17/h7,9-17,19,21-24H,4-6H2,1-3H3,(H,18,20)/t7-,9+,10+,11+,12+,13+,14-,15+,16+,17-/m0/s1. The number of hydrogen-bond acceptors (Lipinski definition) is 10. The van der Waals surface area contributed by atoms with E-state index in [1.807, 2.05) is 6.92 Å². The molecule has 2 aliphatic rings. The zero-order chi connectivity index (χ0) is 21.0. The summed E-state index contributed by atoms with van der Waals surface area (Å²) in [5, 5.41) is 52.4. The summed E-state index contributed by atoms with van der Waals surface area (Å²) < 4.78 is 16.9. The third kappa shape index (κ3) is 5.35. The molecule has 0 unspecified atom stereocenters. The van der Waals surface area contributed by atoms with Gasteiger partial charge in [0.05, 0.1) is 30.1 Å². The summed E-state index contributed by atoms with van der Waals surface area (Å²) in [5.74, 6) is -0.368. The van der Waals surface area contributed by atoms with E-state index in [4.69, 9.17) is 14.2 Å². The Hall–Kier alpha value is -0.500. The average molecular weight is 426 g/mol. The topological polar surface area (TPSA) is 158 Å². The van der Waals surface area contributed by atoms with E-state index in [2.05, 4.69) is 5.32 Å². The molecule has 1 amide bonds. The van der Waals surface area contributed by atoms with E-state index in [0.29, 0.717) is 13.0 Å². The predicted octanol–water partition coefficient (Wildman–Crippen LogP) is -2.07. The van der Waals surface area contributed by atoms with Crippen LogP contribution >= 0.6 is 11.8 Å². The van der Waals surface area contributed by atoms with Crippen molar-refractivity contribution in [2.24, 2.45) is 0 Å². The summed E-state index contributed by atoms with van der Waals surface area (Å²) in [6, 6.07) is -0.790. The number of thioether (sulfide) groups is 1. The van der Waals surface area contributed by atoms with Crippen LogP contribution in [0.3, 0.4) is 0 Å². The Morgan fingerprint density at radius 2 is 1.79 bits per heavy atom. The number of amides is 1. The Labute approximate surface area is 168 Å². The van der Waals surface area contributed by atoms with Gasteiger partial charge < -0.3 is 45.1 Å². The fraction of sp³-hybridized carbons (Fsp3) is 0.941. The number of hydrogen-bond donors (Lipinski definition) is 6. The van der Waals surface area contributed by atoms with Crippen molar-refractivity contribution >= 4 is 17.7 Å². The number of ether oxygens (including phenoxy) is 3. The van der Waals surface area contributed by atoms with Gasteiger partial charge in [0.25, 0.3) is 0 Å². The highest BCUT2D eigenvalue weighted by Gasteiger charge is 2.50. The second-order valence-corrected chi connectivity index (χ2v) is 8.38. The van der Waals surface area contributed by atoms with E-state index < -0.39 is 66.2 Å². The average Bonchev–Trinajstić information content (AvgIpc) is 2.65. The molecule has 0 aromatic carbocycles. The number of rotatable bonds is 7. The minimum absolute atomic E-state index is 0.344. The molecular weight excluding hydrogens is 394 g/mol. The van der Waals surface area contributed by atoms with Gasteiger partial charge in [0.2, 0.25) is 5.91 Å². The molecule has 6 N–H and O–H groups in total. The Morgan fingerprint density at radius 3 is 2.36 bits per heavy atom. The summed E-state index contributed by atoms with van der Waals surface area (Å²) >= 11 is 0.994. The van der Waals surface area contributed by atoms with Crippen LogP contribution in [-0.4, -0.2) is 104 Å². The normalized spacial score (nSPS) is 44.3. The van der Waals surface area contributed by atoms with Gasteiger partial charge in [0, 0.05) is 13.5 Å². The first kappa shape index (κ1) is 23.8. The van der Waals surface area contributed by atoms with Crippen molar-refractivity contribution in [2.45, 2.75) is 86.8 Å². The Morgan fingerprint density at radius 1 is 1.11 bits per heavy atom. The largest absolute Gasteiger partial charge is 0.394 e. The number of nitrogens with one attached hydrogen (secondary N) is 1. The van der Waals surface area contributed by atoms with Crippen molar-refractivity contribution in [1.29, 1.82) is 0 Å². The van der Waals surface area contributed by atoms with Crippen molar-refractivity contribution < 1.29 is 44.5 Å². The summed E-state index contributed by atoms with van der Waals surface area (Å²) in [6.07, 6.45) is -7.21. The first-order valence-corrected chi connectivity index (χ1v) is 10.3. The van der Waals surface area contributed by atoms with E-state index in [9.17, 15) is 30.3 Å². The lowest BCUT2D eigenvalue weighted by atomic mass is 9.99. The summed E-state index contributed by atoms with van der Waals surface area (Å²) in [4.78, 5) is 11.7. The molecule has 2 heterocycles. The Bertz CT molecular complexity index is 513. The lowest BCUT2D eigenvalue weighted by Gasteiger charge is -2.47. The number of carbonyl (C=O) groups is 1. The quantitative estimate of drug-likeness (QED) is 0.267. The summed E-state index contributed by atoms with van der Waals surface area (Å²) in [5.41, 5.74) is -0.978. The van der Waals surface area contributed by atoms with Crippen LogP contribution in [0.25, 0.3) is 0 Å². The molecule has 164 valence electrons. The monoisotopic (exact) mass is 425 g/mol. The van der Waals surface area contributed by atoms with Crippen LogP contribution in [0.2, 0.25) is 0 Å². The highest BCUT2D eigenvalue weighted by Crippen LogP contribution is 2.37. The van der Waals surface area contributed by atoms with Crippen molar-refractivity contribution in [3.05, 3.63) is 0 Å². The van der Waals surface area contributed by atoms with E-state index >= 15 is 0 Å². The molecule has 0 aromatic heterocycles. The Kier molecular flexibility index (Phi) is 8.92. The van der Waals surface area contributed by atoms with E-state index in [1.54, 1.807) is 6.92 Å². The van der Waals surface area contributed by atoms with Crippen LogP contribution in [0.15, 0.2) is 0 Å². The summed E-state index contributed by atoms with van der Waals surface area (Å²) in [6.45, 7) is 4.65. The second-order valence-electron chi connectivity index (χ2n) is 7.10. The lowest BCUT2D eigenvalue weighted by molar-refractivity contribution is -0.239. The van der Waals surface area contributed by atoms with Crippen LogP contribution in [0.4, 0.5) is 0 Å². The highest BCUT2D eigenvalue weighted by molar-refractivity contribution is 8.00. The molecule has 2 rings (SSSR count). The highest BCUT2D eigenvalue weighted by atomic mass is 32.2. The van der Waals surface area contributed by atoms with Crippen molar-refractivity contribution in [1.82, 2.24) is 5.32 Å². The van der Waals surface area contributed by atoms with Crippen molar-refractivity contribution in [3.8, 4) is 0 Å². The fourth-order valence-electron chi connectivity index (χ4n) is 3.27. The molecule has 0 spiro atoms. The maximum atomic E-state index is 11.7. The first-order chi connectivity index (χ1) is 13.2. The van der Waals surface area contributed by atoms with Crippen LogP contribution in [-0.2, 0) is 19.0 Å². The molecule has 2 fully saturated rings. The van der Waals surface area contributed by atoms with Gasteiger partial charge in [-0.1, -0.05) is 6.92 Å².